The molecule has 0 atom stereocenters. The molecule has 0 spiro atoms. The van der Waals surface area contributed by atoms with Crippen LogP contribution in [0.25, 0.3) is 0 Å². The molecule has 1 fully saturated rings. The van der Waals surface area contributed by atoms with Crippen molar-refractivity contribution < 1.29 is 13.2 Å². The second-order valence-corrected chi connectivity index (χ2v) is 7.60. The van der Waals surface area contributed by atoms with Gasteiger partial charge in [-0.25, -0.2) is 8.42 Å². The number of hydrogen-bond acceptors (Lipinski definition) is 4. The highest BCUT2D eigenvalue weighted by Crippen LogP contribution is 2.15. The molecular weight excluding hydrogens is 308 g/mol. The summed E-state index contributed by atoms with van der Waals surface area (Å²) < 4.78 is 24.7. The van der Waals surface area contributed by atoms with Gasteiger partial charge in [0.2, 0.25) is 5.91 Å². The van der Waals surface area contributed by atoms with E-state index in [1.54, 1.807) is 17.0 Å². The molecule has 1 aromatic carbocycles. The van der Waals surface area contributed by atoms with E-state index in [2.05, 4.69) is 0 Å². The lowest BCUT2D eigenvalue weighted by Crippen LogP contribution is -2.38. The fraction of sp³-hybridized carbons (Fsp3) is 0.429. The molecule has 1 saturated heterocycles. The lowest BCUT2D eigenvalue weighted by Gasteiger charge is -2.26. The van der Waals surface area contributed by atoms with Gasteiger partial charge in [-0.3, -0.25) is 4.79 Å². The second-order valence-electron chi connectivity index (χ2n) is 5.05. The summed E-state index contributed by atoms with van der Waals surface area (Å²) in [5.41, 5.74) is 6.05. The molecule has 114 valence electrons. The van der Waals surface area contributed by atoms with E-state index in [1.807, 2.05) is 0 Å². The Labute approximate surface area is 130 Å². The van der Waals surface area contributed by atoms with Gasteiger partial charge in [-0.15, -0.1) is 0 Å². The molecule has 0 bridgehead atoms. The number of nitrogens with zero attached hydrogens (tertiary/aromatic N) is 1. The number of amides is 1. The highest BCUT2D eigenvalue weighted by atomic mass is 32.2. The van der Waals surface area contributed by atoms with Crippen molar-refractivity contribution in [2.45, 2.75) is 24.2 Å². The standard InChI is InChI=1S/C14H18N2O3S2/c15-14(20)11-4-3-5-12(10-11)21(18,19)9-8-16-7-2-1-6-13(16)17/h3-5,10H,1-2,6-9H2,(H2,15,20). The largest absolute Gasteiger partial charge is 0.389 e. The normalized spacial score (nSPS) is 16.0. The van der Waals surface area contributed by atoms with Crippen LogP contribution in [-0.2, 0) is 14.6 Å². The van der Waals surface area contributed by atoms with Gasteiger partial charge in [0.25, 0.3) is 0 Å². The predicted octanol–water partition coefficient (Wildman–Crippen LogP) is 1.11. The zero-order valence-electron chi connectivity index (χ0n) is 11.6. The molecule has 0 saturated carbocycles. The molecule has 1 aromatic rings. The second kappa shape index (κ2) is 6.53. The Hall–Kier alpha value is -1.47. The molecule has 7 heteroatoms. The zero-order valence-corrected chi connectivity index (χ0v) is 13.3. The van der Waals surface area contributed by atoms with Crippen LogP contribution >= 0.6 is 12.2 Å². The SMILES string of the molecule is NC(=S)c1cccc(S(=O)(=O)CCN2CCCCC2=O)c1. The van der Waals surface area contributed by atoms with Gasteiger partial charge in [-0.2, -0.15) is 0 Å². The van der Waals surface area contributed by atoms with Gasteiger partial charge in [0, 0.05) is 25.1 Å². The minimum absolute atomic E-state index is 0.0355. The Bertz CT molecular complexity index is 656. The number of hydrogen-bond donors (Lipinski definition) is 1. The van der Waals surface area contributed by atoms with Crippen LogP contribution in [0, 0.1) is 0 Å². The van der Waals surface area contributed by atoms with Gasteiger partial charge in [-0.05, 0) is 25.0 Å². The van der Waals surface area contributed by atoms with E-state index in [9.17, 15) is 13.2 Å². The third-order valence-corrected chi connectivity index (χ3v) is 5.46. The van der Waals surface area contributed by atoms with Gasteiger partial charge in [0.05, 0.1) is 10.6 Å². The zero-order chi connectivity index (χ0) is 15.5. The highest BCUT2D eigenvalue weighted by molar-refractivity contribution is 7.91. The van der Waals surface area contributed by atoms with E-state index in [4.69, 9.17) is 18.0 Å². The van der Waals surface area contributed by atoms with Crippen molar-refractivity contribution in [1.82, 2.24) is 4.90 Å². The van der Waals surface area contributed by atoms with Crippen molar-refractivity contribution in [1.29, 1.82) is 0 Å². The predicted molar refractivity (Wildman–Crippen MR) is 84.8 cm³/mol. The van der Waals surface area contributed by atoms with Crippen LogP contribution in [0.3, 0.4) is 0 Å². The number of likely N-dealkylation sites (tertiary alicyclic amines) is 1. The molecule has 0 aliphatic carbocycles. The summed E-state index contributed by atoms with van der Waals surface area (Å²) in [6, 6.07) is 6.30. The maximum atomic E-state index is 12.3. The summed E-state index contributed by atoms with van der Waals surface area (Å²) in [6.45, 7) is 0.875. The van der Waals surface area contributed by atoms with E-state index >= 15 is 0 Å². The van der Waals surface area contributed by atoms with Crippen LogP contribution in [0.1, 0.15) is 24.8 Å². The number of thiocarbonyl (C=S) groups is 1. The van der Waals surface area contributed by atoms with Crippen molar-refractivity contribution in [2.24, 2.45) is 5.73 Å². The first-order valence-corrected chi connectivity index (χ1v) is 8.86. The quantitative estimate of drug-likeness (QED) is 0.820. The van der Waals surface area contributed by atoms with Crippen molar-refractivity contribution >= 4 is 33.0 Å². The van der Waals surface area contributed by atoms with Gasteiger partial charge < -0.3 is 10.6 Å². The summed E-state index contributed by atoms with van der Waals surface area (Å²) in [7, 11) is -3.45. The molecular formula is C14H18N2O3S2. The summed E-state index contributed by atoms with van der Waals surface area (Å²) in [5, 5.41) is 0. The lowest BCUT2D eigenvalue weighted by atomic mass is 10.1. The topological polar surface area (TPSA) is 80.5 Å². The summed E-state index contributed by atoms with van der Waals surface area (Å²) in [4.78, 5) is 13.7. The first-order chi connectivity index (χ1) is 9.90. The van der Waals surface area contributed by atoms with Gasteiger partial charge >= 0.3 is 0 Å². The number of sulfone groups is 1. The lowest BCUT2D eigenvalue weighted by molar-refractivity contribution is -0.132. The molecule has 1 heterocycles. The molecule has 0 unspecified atom stereocenters. The average molecular weight is 326 g/mol. The Kier molecular flexibility index (Phi) is 4.95. The molecule has 0 radical (unpaired) electrons. The minimum atomic E-state index is -3.45. The summed E-state index contributed by atoms with van der Waals surface area (Å²) >= 11 is 4.86. The Morgan fingerprint density at radius 3 is 2.76 bits per heavy atom. The smallest absolute Gasteiger partial charge is 0.222 e. The third-order valence-electron chi connectivity index (χ3n) is 3.53. The Morgan fingerprint density at radius 2 is 2.10 bits per heavy atom. The van der Waals surface area contributed by atoms with Gasteiger partial charge in [0.1, 0.15) is 4.99 Å². The van der Waals surface area contributed by atoms with Gasteiger partial charge in [0.15, 0.2) is 9.84 Å². The van der Waals surface area contributed by atoms with E-state index in [0.29, 0.717) is 18.5 Å². The monoisotopic (exact) mass is 326 g/mol. The Balaban J connectivity index is 2.09. The molecule has 1 amide bonds. The number of carbonyl (C=O) groups is 1. The minimum Gasteiger partial charge on any atom is -0.389 e. The van der Waals surface area contributed by atoms with Crippen molar-refractivity contribution in [2.75, 3.05) is 18.8 Å². The molecule has 21 heavy (non-hydrogen) atoms. The fourth-order valence-electron chi connectivity index (χ4n) is 2.29. The number of benzene rings is 1. The van der Waals surface area contributed by atoms with Crippen LogP contribution in [-0.4, -0.2) is 43.1 Å². The number of rotatable bonds is 5. The van der Waals surface area contributed by atoms with Crippen LogP contribution in [0.4, 0.5) is 0 Å². The fourth-order valence-corrected chi connectivity index (χ4v) is 3.71. The third kappa shape index (κ3) is 4.01. The molecule has 2 N–H and O–H groups in total. The molecule has 5 nitrogen and oxygen atoms in total. The number of nitrogens with two attached hydrogens (primary N) is 1. The van der Waals surface area contributed by atoms with Gasteiger partial charge in [-0.1, -0.05) is 24.4 Å². The van der Waals surface area contributed by atoms with Crippen molar-refractivity contribution in [3.05, 3.63) is 29.8 Å². The average Bonchev–Trinajstić information content (AvgIpc) is 2.46. The number of carbonyl (C=O) groups excluding carboxylic acids is 1. The highest BCUT2D eigenvalue weighted by Gasteiger charge is 2.22. The maximum absolute atomic E-state index is 12.3. The summed E-state index contributed by atoms with van der Waals surface area (Å²) in [6.07, 6.45) is 2.33. The van der Waals surface area contributed by atoms with Crippen molar-refractivity contribution in [3.8, 4) is 0 Å². The first kappa shape index (κ1) is 15.9. The Morgan fingerprint density at radius 1 is 1.33 bits per heavy atom. The molecule has 1 aliphatic heterocycles. The number of piperidine rings is 1. The molecule has 0 aromatic heterocycles. The van der Waals surface area contributed by atoms with E-state index < -0.39 is 9.84 Å². The van der Waals surface area contributed by atoms with E-state index in [0.717, 1.165) is 12.8 Å². The first-order valence-electron chi connectivity index (χ1n) is 6.80. The van der Waals surface area contributed by atoms with E-state index in [-0.39, 0.29) is 28.1 Å². The summed E-state index contributed by atoms with van der Waals surface area (Å²) in [5.74, 6) is -0.0483. The molecule has 1 aliphatic rings. The van der Waals surface area contributed by atoms with Crippen LogP contribution in [0.5, 0.6) is 0 Å². The molecule has 2 rings (SSSR count). The van der Waals surface area contributed by atoms with E-state index in [1.165, 1.54) is 12.1 Å². The van der Waals surface area contributed by atoms with Crippen molar-refractivity contribution in [3.63, 3.8) is 0 Å². The maximum Gasteiger partial charge on any atom is 0.222 e. The van der Waals surface area contributed by atoms with Crippen LogP contribution in [0.15, 0.2) is 29.2 Å². The van der Waals surface area contributed by atoms with Crippen LogP contribution in [0.2, 0.25) is 0 Å². The van der Waals surface area contributed by atoms with Crippen LogP contribution < -0.4 is 5.73 Å².